The number of carbonyl (C=O) groups is 1. The van der Waals surface area contributed by atoms with E-state index in [1.54, 1.807) is 6.92 Å². The van der Waals surface area contributed by atoms with Crippen molar-refractivity contribution in [1.29, 1.82) is 0 Å². The van der Waals surface area contributed by atoms with Gasteiger partial charge in [0.05, 0.1) is 0 Å². The van der Waals surface area contributed by atoms with Crippen molar-refractivity contribution in [1.82, 2.24) is 0 Å². The summed E-state index contributed by atoms with van der Waals surface area (Å²) in [4.78, 5) is 12.0. The van der Waals surface area contributed by atoms with Crippen LogP contribution < -0.4 is 15.9 Å². The van der Waals surface area contributed by atoms with Crippen LogP contribution in [0.15, 0.2) is 60.7 Å². The first-order valence-corrected chi connectivity index (χ1v) is 7.39. The van der Waals surface area contributed by atoms with E-state index in [4.69, 9.17) is 0 Å². The van der Waals surface area contributed by atoms with Gasteiger partial charge in [0.1, 0.15) is 0 Å². The molecule has 0 atom stereocenters. The van der Waals surface area contributed by atoms with Crippen LogP contribution in [0.3, 0.4) is 0 Å². The van der Waals surface area contributed by atoms with Gasteiger partial charge in [-0.05, 0) is 29.9 Å². The van der Waals surface area contributed by atoms with Crippen LogP contribution in [0.1, 0.15) is 17.3 Å². The van der Waals surface area contributed by atoms with Crippen molar-refractivity contribution < 1.29 is 4.79 Å². The summed E-state index contributed by atoms with van der Waals surface area (Å²) in [5.41, 5.74) is 3.86. The molecular weight excluding hydrogens is 271 g/mol. The van der Waals surface area contributed by atoms with E-state index in [2.05, 4.69) is 34.7 Å². The molecule has 2 N–H and O–H groups in total. The van der Waals surface area contributed by atoms with Gasteiger partial charge in [-0.2, -0.15) is 0 Å². The van der Waals surface area contributed by atoms with Crippen molar-refractivity contribution in [3.05, 3.63) is 66.2 Å². The minimum Gasteiger partial charge on any atom is -0.405 e. The molecule has 0 spiro atoms. The maximum atomic E-state index is 12.0. The second kappa shape index (κ2) is 4.91. The van der Waals surface area contributed by atoms with Gasteiger partial charge in [-0.3, -0.25) is 4.79 Å². The standard InChI is InChI=1S/C18H15BN2O/c1-12(22)15-11-10-13-6-5-9-16-17(13)18(15)21-19(20-16)14-7-3-2-4-8-14/h2-11,20-21H,1H3. The maximum Gasteiger partial charge on any atom is 0.406 e. The molecule has 0 unspecified atom stereocenters. The van der Waals surface area contributed by atoms with E-state index in [0.29, 0.717) is 0 Å². The Hall–Kier alpha value is -2.75. The van der Waals surface area contributed by atoms with Crippen LogP contribution in [0, 0.1) is 0 Å². The fraction of sp³-hybridized carbons (Fsp3) is 0.0556. The van der Waals surface area contributed by atoms with E-state index in [1.165, 1.54) is 0 Å². The van der Waals surface area contributed by atoms with Crippen LogP contribution in [-0.4, -0.2) is 12.8 Å². The Kier molecular flexibility index (Phi) is 2.89. The van der Waals surface area contributed by atoms with Crippen molar-refractivity contribution in [2.75, 3.05) is 10.5 Å². The molecule has 0 bridgehead atoms. The molecule has 106 valence electrons. The summed E-state index contributed by atoms with van der Waals surface area (Å²) in [7, 11) is 0. The average Bonchev–Trinajstić information content (AvgIpc) is 2.56. The number of hydrogen-bond donors (Lipinski definition) is 2. The van der Waals surface area contributed by atoms with E-state index in [0.717, 1.165) is 33.2 Å². The average molecular weight is 286 g/mol. The molecule has 0 saturated heterocycles. The summed E-state index contributed by atoms with van der Waals surface area (Å²) in [6.45, 7) is 1.57. The van der Waals surface area contributed by atoms with Gasteiger partial charge in [0.15, 0.2) is 5.78 Å². The number of benzene rings is 3. The Bertz CT molecular complexity index is 877. The summed E-state index contributed by atoms with van der Waals surface area (Å²) >= 11 is 0. The van der Waals surface area contributed by atoms with Gasteiger partial charge < -0.3 is 10.5 Å². The molecule has 0 aliphatic carbocycles. The highest BCUT2D eigenvalue weighted by Crippen LogP contribution is 2.36. The maximum absolute atomic E-state index is 12.0. The lowest BCUT2D eigenvalue weighted by Gasteiger charge is -2.28. The predicted octanol–water partition coefficient (Wildman–Crippen LogP) is 3.28. The predicted molar refractivity (Wildman–Crippen MR) is 93.0 cm³/mol. The lowest BCUT2D eigenvalue weighted by Crippen LogP contribution is -2.48. The topological polar surface area (TPSA) is 41.1 Å². The summed E-state index contributed by atoms with van der Waals surface area (Å²) < 4.78 is 0. The number of Topliss-reactive ketones (excluding diaryl/α,β-unsaturated/α-hetero) is 1. The lowest BCUT2D eigenvalue weighted by atomic mass is 9.66. The fourth-order valence-electron chi connectivity index (χ4n) is 3.09. The quantitative estimate of drug-likeness (QED) is 0.561. The highest BCUT2D eigenvalue weighted by atomic mass is 16.1. The zero-order chi connectivity index (χ0) is 15.1. The zero-order valence-corrected chi connectivity index (χ0v) is 12.3. The van der Waals surface area contributed by atoms with Crippen molar-refractivity contribution in [2.24, 2.45) is 0 Å². The van der Waals surface area contributed by atoms with E-state index in [-0.39, 0.29) is 12.8 Å². The van der Waals surface area contributed by atoms with E-state index < -0.39 is 0 Å². The Morgan fingerprint density at radius 3 is 2.50 bits per heavy atom. The first kappa shape index (κ1) is 13.0. The van der Waals surface area contributed by atoms with Gasteiger partial charge >= 0.3 is 6.98 Å². The normalized spacial score (nSPS) is 12.7. The molecule has 0 saturated carbocycles. The molecular formula is C18H15BN2O. The first-order valence-electron chi connectivity index (χ1n) is 7.39. The Morgan fingerprint density at radius 2 is 1.73 bits per heavy atom. The Morgan fingerprint density at radius 1 is 0.909 bits per heavy atom. The fourth-order valence-corrected chi connectivity index (χ4v) is 3.09. The third kappa shape index (κ3) is 1.96. The Labute approximate surface area is 129 Å². The molecule has 1 heterocycles. The van der Waals surface area contributed by atoms with E-state index >= 15 is 0 Å². The van der Waals surface area contributed by atoms with Crippen LogP contribution in [0.5, 0.6) is 0 Å². The van der Waals surface area contributed by atoms with Crippen LogP contribution in [0.4, 0.5) is 11.4 Å². The number of anilines is 2. The number of carbonyl (C=O) groups excluding carboxylic acids is 1. The number of hydrogen-bond acceptors (Lipinski definition) is 3. The minimum absolute atomic E-state index is 0.0419. The third-order valence-electron chi connectivity index (χ3n) is 4.15. The van der Waals surface area contributed by atoms with Gasteiger partial charge in [0, 0.05) is 22.3 Å². The lowest BCUT2D eigenvalue weighted by molar-refractivity contribution is 0.101. The summed E-state index contributed by atoms with van der Waals surface area (Å²) in [5, 5.41) is 9.23. The number of nitrogens with one attached hydrogen (secondary N) is 2. The summed E-state index contributed by atoms with van der Waals surface area (Å²) in [6, 6.07) is 20.3. The molecule has 3 aromatic rings. The molecule has 4 heteroatoms. The highest BCUT2D eigenvalue weighted by molar-refractivity contribution is 6.80. The molecule has 3 aromatic carbocycles. The summed E-state index contributed by atoms with van der Waals surface area (Å²) in [6.07, 6.45) is 0. The van der Waals surface area contributed by atoms with Crippen LogP contribution in [-0.2, 0) is 0 Å². The molecule has 0 amide bonds. The minimum atomic E-state index is -0.0419. The molecule has 0 radical (unpaired) electrons. The van der Waals surface area contributed by atoms with Crippen molar-refractivity contribution in [2.45, 2.75) is 6.92 Å². The van der Waals surface area contributed by atoms with Crippen molar-refractivity contribution >= 4 is 40.4 Å². The van der Waals surface area contributed by atoms with Gasteiger partial charge in [-0.15, -0.1) is 0 Å². The SMILES string of the molecule is CC(=O)c1ccc2cccc3c2c1NB(c1ccccc1)N3. The third-order valence-corrected chi connectivity index (χ3v) is 4.15. The molecule has 1 aliphatic heterocycles. The van der Waals surface area contributed by atoms with Crippen molar-refractivity contribution in [3.63, 3.8) is 0 Å². The van der Waals surface area contributed by atoms with E-state index in [1.807, 2.05) is 36.4 Å². The second-order valence-electron chi connectivity index (χ2n) is 5.58. The largest absolute Gasteiger partial charge is 0.406 e. The van der Waals surface area contributed by atoms with Crippen LogP contribution in [0.2, 0.25) is 0 Å². The highest BCUT2D eigenvalue weighted by Gasteiger charge is 2.27. The van der Waals surface area contributed by atoms with Gasteiger partial charge in [0.25, 0.3) is 0 Å². The first-order chi connectivity index (χ1) is 10.7. The van der Waals surface area contributed by atoms with Crippen molar-refractivity contribution in [3.8, 4) is 0 Å². The van der Waals surface area contributed by atoms with Crippen LogP contribution in [0.25, 0.3) is 10.8 Å². The van der Waals surface area contributed by atoms with Gasteiger partial charge in [-0.25, -0.2) is 0 Å². The molecule has 4 rings (SSSR count). The second-order valence-corrected chi connectivity index (χ2v) is 5.58. The molecule has 1 aliphatic rings. The zero-order valence-electron chi connectivity index (χ0n) is 12.3. The van der Waals surface area contributed by atoms with Gasteiger partial charge in [-0.1, -0.05) is 48.5 Å². The van der Waals surface area contributed by atoms with Gasteiger partial charge in [0.2, 0.25) is 0 Å². The molecule has 0 fully saturated rings. The molecule has 22 heavy (non-hydrogen) atoms. The monoisotopic (exact) mass is 286 g/mol. The smallest absolute Gasteiger partial charge is 0.405 e. The summed E-state index contributed by atoms with van der Waals surface area (Å²) in [5.74, 6) is 0.0768. The number of rotatable bonds is 2. The van der Waals surface area contributed by atoms with Crippen LogP contribution >= 0.6 is 0 Å². The molecule has 3 nitrogen and oxygen atoms in total. The molecule has 0 aromatic heterocycles. The van der Waals surface area contributed by atoms with E-state index in [9.17, 15) is 4.79 Å². The Balaban J connectivity index is 1.92. The number of ketones is 1.